The second kappa shape index (κ2) is 9.50. The number of carbonyl (C=O) groups is 1. The molecule has 0 fully saturated rings. The fraction of sp³-hybridized carbons (Fsp3) is 0.321. The number of esters is 1. The third kappa shape index (κ3) is 4.88. The van der Waals surface area contributed by atoms with Crippen molar-refractivity contribution in [3.63, 3.8) is 0 Å². The van der Waals surface area contributed by atoms with Gasteiger partial charge in [0.15, 0.2) is 17.1 Å². The zero-order chi connectivity index (χ0) is 28.2. The van der Waals surface area contributed by atoms with Gasteiger partial charge in [-0.1, -0.05) is 57.5 Å². The van der Waals surface area contributed by atoms with Gasteiger partial charge in [-0.15, -0.1) is 0 Å². The molecule has 0 saturated carbocycles. The van der Waals surface area contributed by atoms with Crippen molar-refractivity contribution < 1.29 is 23.6 Å². The van der Waals surface area contributed by atoms with E-state index in [1.165, 1.54) is 31.4 Å². The van der Waals surface area contributed by atoms with Crippen LogP contribution in [-0.2, 0) is 15.6 Å². The van der Waals surface area contributed by atoms with Crippen LogP contribution >= 0.6 is 15.9 Å². The Morgan fingerprint density at radius 1 is 1.03 bits per heavy atom. The topological polar surface area (TPSA) is 122 Å². The van der Waals surface area contributed by atoms with Crippen LogP contribution in [0.25, 0.3) is 22.6 Å². The molecule has 9 nitrogen and oxygen atoms in total. The highest BCUT2D eigenvalue weighted by atomic mass is 79.9. The minimum absolute atomic E-state index is 0.0515. The smallest absolute Gasteiger partial charge is 0.337 e. The van der Waals surface area contributed by atoms with Gasteiger partial charge in [0.25, 0.3) is 0 Å². The molecular formula is C28H27BrN2O7. The Morgan fingerprint density at radius 3 is 2.26 bits per heavy atom. The zero-order valence-corrected chi connectivity index (χ0v) is 23.7. The van der Waals surface area contributed by atoms with E-state index >= 15 is 0 Å². The molecule has 1 heterocycles. The van der Waals surface area contributed by atoms with E-state index in [2.05, 4.69) is 15.9 Å². The number of nitro benzene ring substituents is 1. The van der Waals surface area contributed by atoms with Crippen molar-refractivity contribution in [2.75, 3.05) is 7.11 Å². The molecule has 0 N–H and O–H groups in total. The van der Waals surface area contributed by atoms with Crippen molar-refractivity contribution in [2.45, 2.75) is 52.4 Å². The number of aromatic nitrogens is 1. The first kappa shape index (κ1) is 27.3. The van der Waals surface area contributed by atoms with Gasteiger partial charge in [0.2, 0.25) is 11.2 Å². The highest BCUT2D eigenvalue weighted by Gasteiger charge is 2.38. The maximum absolute atomic E-state index is 14.2. The average molecular weight is 583 g/mol. The molecule has 0 atom stereocenters. The van der Waals surface area contributed by atoms with E-state index in [0.29, 0.717) is 32.4 Å². The molecule has 0 bridgehead atoms. The Hall–Kier alpha value is -3.79. The van der Waals surface area contributed by atoms with E-state index in [-0.39, 0.29) is 28.5 Å². The summed E-state index contributed by atoms with van der Waals surface area (Å²) in [6, 6.07) is 9.04. The standard InChI is InChI=1S/C28H27BrN2O7/c1-27(2,3)20-22-24(37-18-12-14(26(33)36-7)8-10-16(18)30-22)21(28(4,5)6)23(32)25(20)38-19-13-15(29)9-11-17(19)31(34)35/h8-13H,1-7H3. The zero-order valence-electron chi connectivity index (χ0n) is 22.1. The number of hydrogen-bond acceptors (Lipinski definition) is 8. The molecule has 38 heavy (non-hydrogen) atoms. The summed E-state index contributed by atoms with van der Waals surface area (Å²) >= 11 is 3.33. The molecule has 1 aliphatic carbocycles. The molecule has 10 heteroatoms. The second-order valence-electron chi connectivity index (χ2n) is 10.9. The Labute approximate surface area is 227 Å². The summed E-state index contributed by atoms with van der Waals surface area (Å²) in [5.74, 6) is -0.397. The summed E-state index contributed by atoms with van der Waals surface area (Å²) in [4.78, 5) is 42.3. The van der Waals surface area contributed by atoms with E-state index < -0.39 is 27.2 Å². The molecule has 198 valence electrons. The SMILES string of the molecule is COC(=O)c1ccc2nc3c(C(C)(C)C)c(Oc4cc(Br)ccc4[N+](=O)[O-])c(=O)c(C(C)(C)C)c-3oc2c1. The largest absolute Gasteiger partial charge is 0.465 e. The molecule has 0 spiro atoms. The Kier molecular flexibility index (Phi) is 6.82. The summed E-state index contributed by atoms with van der Waals surface area (Å²) in [6.45, 7) is 11.3. The number of halogens is 1. The van der Waals surface area contributed by atoms with Crippen molar-refractivity contribution >= 4 is 38.7 Å². The molecule has 4 rings (SSSR count). The molecule has 2 aromatic rings. The van der Waals surface area contributed by atoms with E-state index in [4.69, 9.17) is 18.9 Å². The average Bonchev–Trinajstić information content (AvgIpc) is 2.80. The van der Waals surface area contributed by atoms with E-state index in [1.807, 2.05) is 41.5 Å². The highest BCUT2D eigenvalue weighted by molar-refractivity contribution is 9.10. The summed E-state index contributed by atoms with van der Waals surface area (Å²) < 4.78 is 17.8. The fourth-order valence-corrected chi connectivity index (χ4v) is 4.68. The van der Waals surface area contributed by atoms with Crippen molar-refractivity contribution in [1.29, 1.82) is 0 Å². The fourth-order valence-electron chi connectivity index (χ4n) is 4.34. The van der Waals surface area contributed by atoms with Gasteiger partial charge < -0.3 is 13.9 Å². The lowest BCUT2D eigenvalue weighted by Gasteiger charge is -2.30. The van der Waals surface area contributed by atoms with Crippen LogP contribution in [0.3, 0.4) is 0 Å². The van der Waals surface area contributed by atoms with Gasteiger partial charge in [0.05, 0.1) is 23.2 Å². The summed E-state index contributed by atoms with van der Waals surface area (Å²) in [7, 11) is 1.29. The highest BCUT2D eigenvalue weighted by Crippen LogP contribution is 2.45. The van der Waals surface area contributed by atoms with Crippen LogP contribution in [0.1, 0.15) is 63.0 Å². The van der Waals surface area contributed by atoms with E-state index in [1.54, 1.807) is 12.1 Å². The lowest BCUT2D eigenvalue weighted by Crippen LogP contribution is -2.30. The number of methoxy groups -OCH3 is 1. The number of carbonyl (C=O) groups excluding carboxylic acids is 1. The van der Waals surface area contributed by atoms with Gasteiger partial charge in [-0.3, -0.25) is 14.9 Å². The first-order valence-corrected chi connectivity index (χ1v) is 12.6. The summed E-state index contributed by atoms with van der Waals surface area (Å²) in [5.41, 5.74) is 0.0476. The lowest BCUT2D eigenvalue weighted by atomic mass is 9.77. The minimum atomic E-state index is -0.716. The lowest BCUT2D eigenvalue weighted by molar-refractivity contribution is -0.385. The number of rotatable bonds is 4. The molecule has 0 aromatic heterocycles. The van der Waals surface area contributed by atoms with Gasteiger partial charge in [0.1, 0.15) is 11.2 Å². The van der Waals surface area contributed by atoms with Gasteiger partial charge in [-0.2, -0.15) is 0 Å². The molecule has 0 radical (unpaired) electrons. The van der Waals surface area contributed by atoms with Gasteiger partial charge in [0, 0.05) is 22.2 Å². The quantitative estimate of drug-likeness (QED) is 0.108. The van der Waals surface area contributed by atoms with Crippen LogP contribution in [0.4, 0.5) is 5.69 Å². The number of fused-ring (bicyclic) bond motifs is 2. The second-order valence-corrected chi connectivity index (χ2v) is 11.9. The van der Waals surface area contributed by atoms with E-state index in [0.717, 1.165) is 0 Å². The summed E-state index contributed by atoms with van der Waals surface area (Å²) in [6.07, 6.45) is 0. The van der Waals surface area contributed by atoms with Crippen molar-refractivity contribution in [3.05, 3.63) is 77.9 Å². The summed E-state index contributed by atoms with van der Waals surface area (Å²) in [5, 5.41) is 11.7. The van der Waals surface area contributed by atoms with Crippen molar-refractivity contribution in [2.24, 2.45) is 0 Å². The molecular weight excluding hydrogens is 556 g/mol. The third-order valence-corrected chi connectivity index (χ3v) is 6.49. The first-order chi connectivity index (χ1) is 17.6. The third-order valence-electron chi connectivity index (χ3n) is 6.00. The molecule has 1 aliphatic heterocycles. The number of ether oxygens (including phenoxy) is 2. The molecule has 2 aromatic carbocycles. The Morgan fingerprint density at radius 2 is 1.68 bits per heavy atom. The Bertz CT molecular complexity index is 1630. The monoisotopic (exact) mass is 582 g/mol. The molecule has 0 unspecified atom stereocenters. The normalized spacial score (nSPS) is 12.1. The maximum atomic E-state index is 14.2. The van der Waals surface area contributed by atoms with E-state index in [9.17, 15) is 19.7 Å². The number of nitro groups is 1. The Balaban J connectivity index is 2.16. The molecule has 0 saturated heterocycles. The predicted molar refractivity (Wildman–Crippen MR) is 147 cm³/mol. The number of hydrogen-bond donors (Lipinski definition) is 0. The molecule has 2 aliphatic rings. The number of benzene rings is 3. The van der Waals surface area contributed by atoms with Crippen LogP contribution in [0.2, 0.25) is 0 Å². The van der Waals surface area contributed by atoms with Gasteiger partial charge in [-0.05, 0) is 35.1 Å². The van der Waals surface area contributed by atoms with Crippen LogP contribution in [-0.4, -0.2) is 23.0 Å². The predicted octanol–water partition coefficient (Wildman–Crippen LogP) is 7.14. The van der Waals surface area contributed by atoms with Crippen LogP contribution < -0.4 is 10.2 Å². The molecule has 0 amide bonds. The van der Waals surface area contributed by atoms with Crippen LogP contribution in [0, 0.1) is 10.1 Å². The van der Waals surface area contributed by atoms with Crippen molar-refractivity contribution in [3.8, 4) is 23.0 Å². The number of nitrogens with zero attached hydrogens (tertiary/aromatic N) is 2. The maximum Gasteiger partial charge on any atom is 0.337 e. The van der Waals surface area contributed by atoms with Crippen LogP contribution in [0.15, 0.2) is 50.1 Å². The van der Waals surface area contributed by atoms with Gasteiger partial charge >= 0.3 is 11.7 Å². The van der Waals surface area contributed by atoms with Gasteiger partial charge in [-0.25, -0.2) is 9.78 Å². The van der Waals surface area contributed by atoms with Crippen LogP contribution in [0.5, 0.6) is 11.5 Å². The minimum Gasteiger partial charge on any atom is -0.465 e. The first-order valence-electron chi connectivity index (χ1n) is 11.8. The van der Waals surface area contributed by atoms with Crippen molar-refractivity contribution in [1.82, 2.24) is 4.98 Å².